The van der Waals surface area contributed by atoms with Crippen LogP contribution in [0.4, 0.5) is 5.69 Å². The van der Waals surface area contributed by atoms with Gasteiger partial charge < -0.3 is 4.74 Å². The number of rotatable bonds is 4. The minimum absolute atomic E-state index is 0.0675. The van der Waals surface area contributed by atoms with Gasteiger partial charge in [-0.25, -0.2) is 9.48 Å². The summed E-state index contributed by atoms with van der Waals surface area (Å²) in [5.74, 6) is -0.301. The van der Waals surface area contributed by atoms with E-state index in [-0.39, 0.29) is 18.0 Å². The lowest BCUT2D eigenvalue weighted by Gasteiger charge is -2.04. The molecule has 0 N–H and O–H groups in total. The van der Waals surface area contributed by atoms with Gasteiger partial charge in [-0.2, -0.15) is 0 Å². The number of nitro benzene ring substituents is 1. The molecule has 3 aromatic rings. The van der Waals surface area contributed by atoms with E-state index < -0.39 is 10.9 Å². The number of para-hydroxylation sites is 1. The lowest BCUT2D eigenvalue weighted by molar-refractivity contribution is -0.384. The molecule has 0 spiro atoms. The van der Waals surface area contributed by atoms with Crippen molar-refractivity contribution in [3.8, 4) is 5.75 Å². The van der Waals surface area contributed by atoms with E-state index in [1.807, 2.05) is 12.1 Å². The number of carbonyl (C=O) groups is 1. The van der Waals surface area contributed by atoms with E-state index in [9.17, 15) is 14.9 Å². The van der Waals surface area contributed by atoms with E-state index in [2.05, 4.69) is 10.3 Å². The van der Waals surface area contributed by atoms with Gasteiger partial charge in [-0.05, 0) is 24.3 Å². The number of non-ortho nitro benzene ring substituents is 1. The Balaban J connectivity index is 1.71. The average Bonchev–Trinajstić information content (AvgIpc) is 2.91. The van der Waals surface area contributed by atoms with E-state index in [1.54, 1.807) is 12.1 Å². The summed E-state index contributed by atoms with van der Waals surface area (Å²) in [6.45, 7) is -0.0997. The Morgan fingerprint density at radius 1 is 1.18 bits per heavy atom. The Morgan fingerprint density at radius 2 is 1.91 bits per heavy atom. The van der Waals surface area contributed by atoms with Crippen LogP contribution in [0, 0.1) is 10.1 Å². The summed E-state index contributed by atoms with van der Waals surface area (Å²) in [4.78, 5) is 21.9. The highest BCUT2D eigenvalue weighted by atomic mass is 16.6. The molecule has 2 aromatic carbocycles. The smallest absolute Gasteiger partial charge is 0.333 e. The van der Waals surface area contributed by atoms with Crippen LogP contribution in [0.2, 0.25) is 0 Å². The SMILES string of the molecule is O=C(Cn1nnc2ccccc21)Oc1ccc([N+](=O)[O-])cc1. The van der Waals surface area contributed by atoms with Crippen LogP contribution >= 0.6 is 0 Å². The number of ether oxygens (including phenoxy) is 1. The highest BCUT2D eigenvalue weighted by Gasteiger charge is 2.11. The van der Waals surface area contributed by atoms with Gasteiger partial charge in [0.05, 0.1) is 10.4 Å². The van der Waals surface area contributed by atoms with Gasteiger partial charge in [0.25, 0.3) is 5.69 Å². The van der Waals surface area contributed by atoms with Gasteiger partial charge in [-0.3, -0.25) is 10.1 Å². The van der Waals surface area contributed by atoms with E-state index in [4.69, 9.17) is 4.74 Å². The molecule has 8 nitrogen and oxygen atoms in total. The molecule has 0 saturated carbocycles. The molecular formula is C14H10N4O4. The van der Waals surface area contributed by atoms with Gasteiger partial charge in [0.1, 0.15) is 17.8 Å². The predicted molar refractivity (Wildman–Crippen MR) is 76.3 cm³/mol. The van der Waals surface area contributed by atoms with E-state index in [0.717, 1.165) is 5.52 Å². The molecule has 1 heterocycles. The first-order valence-electron chi connectivity index (χ1n) is 6.37. The molecule has 8 heteroatoms. The molecule has 0 saturated heterocycles. The largest absolute Gasteiger partial charge is 0.425 e. The molecule has 3 rings (SSSR count). The van der Waals surface area contributed by atoms with Gasteiger partial charge in [-0.1, -0.05) is 17.3 Å². The zero-order chi connectivity index (χ0) is 15.5. The van der Waals surface area contributed by atoms with Gasteiger partial charge in [0.15, 0.2) is 0 Å². The first-order chi connectivity index (χ1) is 10.6. The highest BCUT2D eigenvalue weighted by molar-refractivity contribution is 5.77. The summed E-state index contributed by atoms with van der Waals surface area (Å²) in [5, 5.41) is 18.4. The highest BCUT2D eigenvalue weighted by Crippen LogP contribution is 2.17. The molecular weight excluding hydrogens is 288 g/mol. The topological polar surface area (TPSA) is 100 Å². The van der Waals surface area contributed by atoms with Crippen LogP contribution in [-0.4, -0.2) is 25.9 Å². The zero-order valence-corrected chi connectivity index (χ0v) is 11.2. The fourth-order valence-corrected chi connectivity index (χ4v) is 1.96. The normalized spacial score (nSPS) is 10.5. The van der Waals surface area contributed by atoms with Crippen molar-refractivity contribution >= 4 is 22.7 Å². The standard InChI is InChI=1S/C14H10N4O4/c19-14(22-11-7-5-10(6-8-11)18(20)21)9-17-13-4-2-1-3-12(13)15-16-17/h1-8H,9H2. The summed E-state index contributed by atoms with van der Waals surface area (Å²) in [7, 11) is 0. The quantitative estimate of drug-likeness (QED) is 0.316. The lowest BCUT2D eigenvalue weighted by atomic mass is 10.3. The Morgan fingerprint density at radius 3 is 2.64 bits per heavy atom. The average molecular weight is 298 g/mol. The van der Waals surface area contributed by atoms with Crippen molar-refractivity contribution < 1.29 is 14.5 Å². The summed E-state index contributed by atoms with van der Waals surface area (Å²) in [6, 6.07) is 12.5. The third-order valence-corrected chi connectivity index (χ3v) is 2.98. The second kappa shape index (κ2) is 5.60. The van der Waals surface area contributed by atoms with Crippen molar-refractivity contribution in [1.82, 2.24) is 15.0 Å². The van der Waals surface area contributed by atoms with Crippen LogP contribution in [-0.2, 0) is 11.3 Å². The number of nitro groups is 1. The van der Waals surface area contributed by atoms with Gasteiger partial charge in [-0.15, -0.1) is 5.10 Å². The number of fused-ring (bicyclic) bond motifs is 1. The van der Waals surface area contributed by atoms with E-state index in [0.29, 0.717) is 5.52 Å². The maximum absolute atomic E-state index is 11.9. The molecule has 0 atom stereocenters. The van der Waals surface area contributed by atoms with Gasteiger partial charge in [0.2, 0.25) is 0 Å². The molecule has 0 fully saturated rings. The lowest BCUT2D eigenvalue weighted by Crippen LogP contribution is -2.17. The van der Waals surface area contributed by atoms with Gasteiger partial charge >= 0.3 is 5.97 Å². The molecule has 0 radical (unpaired) electrons. The monoisotopic (exact) mass is 298 g/mol. The number of esters is 1. The molecule has 0 aliphatic carbocycles. The van der Waals surface area contributed by atoms with Crippen molar-refractivity contribution in [2.45, 2.75) is 6.54 Å². The number of nitrogens with zero attached hydrogens (tertiary/aromatic N) is 4. The number of hydrogen-bond donors (Lipinski definition) is 0. The summed E-state index contributed by atoms with van der Waals surface area (Å²) >= 11 is 0. The van der Waals surface area contributed by atoms with Crippen LogP contribution in [0.3, 0.4) is 0 Å². The minimum Gasteiger partial charge on any atom is -0.425 e. The molecule has 0 bridgehead atoms. The fourth-order valence-electron chi connectivity index (χ4n) is 1.96. The van der Waals surface area contributed by atoms with E-state index >= 15 is 0 Å². The molecule has 0 unspecified atom stereocenters. The van der Waals surface area contributed by atoms with Crippen LogP contribution in [0.1, 0.15) is 0 Å². The van der Waals surface area contributed by atoms with Gasteiger partial charge in [0, 0.05) is 12.1 Å². The second-order valence-corrected chi connectivity index (χ2v) is 4.46. The van der Waals surface area contributed by atoms with Crippen LogP contribution in [0.5, 0.6) is 5.75 Å². The summed E-state index contributed by atoms with van der Waals surface area (Å²) < 4.78 is 6.55. The number of aromatic nitrogens is 3. The van der Waals surface area contributed by atoms with E-state index in [1.165, 1.54) is 28.9 Å². The molecule has 110 valence electrons. The molecule has 0 aliphatic heterocycles. The van der Waals surface area contributed by atoms with Crippen LogP contribution in [0.15, 0.2) is 48.5 Å². The Hall–Kier alpha value is -3.29. The van der Waals surface area contributed by atoms with Crippen molar-refractivity contribution in [2.75, 3.05) is 0 Å². The van der Waals surface area contributed by atoms with Crippen molar-refractivity contribution in [1.29, 1.82) is 0 Å². The molecule has 0 amide bonds. The maximum Gasteiger partial charge on any atom is 0.333 e. The maximum atomic E-state index is 11.9. The third-order valence-electron chi connectivity index (χ3n) is 2.98. The Labute approximate surface area is 124 Å². The van der Waals surface area contributed by atoms with Crippen LogP contribution in [0.25, 0.3) is 11.0 Å². The van der Waals surface area contributed by atoms with Crippen molar-refractivity contribution in [3.63, 3.8) is 0 Å². The Bertz CT molecular complexity index is 841. The van der Waals surface area contributed by atoms with Crippen LogP contribution < -0.4 is 4.74 Å². The first-order valence-corrected chi connectivity index (χ1v) is 6.37. The molecule has 0 aliphatic rings. The number of hydrogen-bond acceptors (Lipinski definition) is 6. The third kappa shape index (κ3) is 2.75. The second-order valence-electron chi connectivity index (χ2n) is 4.46. The predicted octanol–water partition coefficient (Wildman–Crippen LogP) is 1.95. The fraction of sp³-hybridized carbons (Fsp3) is 0.0714. The summed E-state index contributed by atoms with van der Waals surface area (Å²) in [6.07, 6.45) is 0. The molecule has 22 heavy (non-hydrogen) atoms. The number of benzene rings is 2. The Kier molecular flexibility index (Phi) is 3.48. The number of carbonyl (C=O) groups excluding carboxylic acids is 1. The zero-order valence-electron chi connectivity index (χ0n) is 11.2. The summed E-state index contributed by atoms with van der Waals surface area (Å²) in [5.41, 5.74) is 1.34. The van der Waals surface area contributed by atoms with Crippen molar-refractivity contribution in [2.24, 2.45) is 0 Å². The molecule has 1 aromatic heterocycles. The first kappa shape index (κ1) is 13.7. The van der Waals surface area contributed by atoms with Crippen molar-refractivity contribution in [3.05, 3.63) is 58.6 Å². The minimum atomic E-state index is -0.537.